The predicted molar refractivity (Wildman–Crippen MR) is 151 cm³/mol. The zero-order valence-corrected chi connectivity index (χ0v) is 20.0. The van der Waals surface area contributed by atoms with Crippen LogP contribution in [0.2, 0.25) is 0 Å². The van der Waals surface area contributed by atoms with E-state index in [0.717, 1.165) is 55.6 Å². The van der Waals surface area contributed by atoms with E-state index in [9.17, 15) is 0 Å². The Morgan fingerprint density at radius 3 is 1.76 bits per heavy atom. The molecule has 37 heavy (non-hydrogen) atoms. The molecule has 7 aromatic rings. The Hall–Kier alpha value is -5.02. The minimum absolute atomic E-state index is 0.834. The molecule has 3 nitrogen and oxygen atoms in total. The average Bonchev–Trinajstić information content (AvgIpc) is 3.37. The molecule has 5 aromatic carbocycles. The summed E-state index contributed by atoms with van der Waals surface area (Å²) in [6, 6.07) is 44.0. The van der Waals surface area contributed by atoms with Crippen molar-refractivity contribution in [3.05, 3.63) is 134 Å². The van der Waals surface area contributed by atoms with E-state index in [1.807, 2.05) is 30.3 Å². The van der Waals surface area contributed by atoms with Crippen LogP contribution < -0.4 is 0 Å². The van der Waals surface area contributed by atoms with E-state index in [4.69, 9.17) is 4.42 Å². The highest BCUT2D eigenvalue weighted by Gasteiger charge is 2.14. The van der Waals surface area contributed by atoms with Gasteiger partial charge >= 0.3 is 0 Å². The fourth-order valence-electron chi connectivity index (χ4n) is 4.98. The van der Waals surface area contributed by atoms with E-state index < -0.39 is 0 Å². The fraction of sp³-hybridized carbons (Fsp3) is 0. The number of para-hydroxylation sites is 2. The molecular formula is C34H22N2O. The molecule has 0 saturated carbocycles. The molecule has 0 atom stereocenters. The third-order valence-electron chi connectivity index (χ3n) is 6.79. The van der Waals surface area contributed by atoms with Gasteiger partial charge in [0.05, 0.1) is 11.4 Å². The molecule has 0 aliphatic carbocycles. The second-order valence-electron chi connectivity index (χ2n) is 9.10. The summed E-state index contributed by atoms with van der Waals surface area (Å²) in [6.07, 6.45) is 1.64. The normalized spacial score (nSPS) is 11.2. The molecule has 0 aliphatic heterocycles. The summed E-state index contributed by atoms with van der Waals surface area (Å²) in [4.78, 5) is 9.33. The summed E-state index contributed by atoms with van der Waals surface area (Å²) in [7, 11) is 0. The number of nitrogens with zero attached hydrogens (tertiary/aromatic N) is 2. The summed E-state index contributed by atoms with van der Waals surface area (Å²) in [6.45, 7) is 0. The van der Waals surface area contributed by atoms with Gasteiger partial charge in [-0.25, -0.2) is 9.97 Å². The highest BCUT2D eigenvalue weighted by molar-refractivity contribution is 6.09. The zero-order chi connectivity index (χ0) is 24.6. The van der Waals surface area contributed by atoms with Gasteiger partial charge in [-0.05, 0) is 58.7 Å². The smallest absolute Gasteiger partial charge is 0.144 e. The molecule has 0 radical (unpaired) electrons. The van der Waals surface area contributed by atoms with Crippen LogP contribution in [0.25, 0.3) is 66.7 Å². The first-order chi connectivity index (χ1) is 18.3. The van der Waals surface area contributed by atoms with Crippen molar-refractivity contribution in [1.82, 2.24) is 9.97 Å². The van der Waals surface area contributed by atoms with Crippen LogP contribution in [0.4, 0.5) is 0 Å². The lowest BCUT2D eigenvalue weighted by Crippen LogP contribution is -1.91. The van der Waals surface area contributed by atoms with Gasteiger partial charge in [0.1, 0.15) is 17.5 Å². The second-order valence-corrected chi connectivity index (χ2v) is 9.10. The summed E-state index contributed by atoms with van der Waals surface area (Å²) in [5, 5.41) is 2.20. The number of furan rings is 1. The number of benzene rings is 5. The largest absolute Gasteiger partial charge is 0.455 e. The van der Waals surface area contributed by atoms with Gasteiger partial charge in [0.2, 0.25) is 0 Å². The molecule has 0 saturated heterocycles. The van der Waals surface area contributed by atoms with Crippen molar-refractivity contribution in [2.45, 2.75) is 0 Å². The highest BCUT2D eigenvalue weighted by Crippen LogP contribution is 2.37. The lowest BCUT2D eigenvalue weighted by atomic mass is 9.94. The first-order valence-electron chi connectivity index (χ1n) is 12.3. The van der Waals surface area contributed by atoms with Gasteiger partial charge in [-0.15, -0.1) is 0 Å². The van der Waals surface area contributed by atoms with Gasteiger partial charge in [0.25, 0.3) is 0 Å². The maximum atomic E-state index is 6.28. The van der Waals surface area contributed by atoms with Gasteiger partial charge in [0, 0.05) is 21.9 Å². The van der Waals surface area contributed by atoms with E-state index in [0.29, 0.717) is 0 Å². The molecule has 0 spiro atoms. The number of fused-ring (bicyclic) bond motifs is 3. The van der Waals surface area contributed by atoms with Crippen molar-refractivity contribution < 1.29 is 4.42 Å². The quantitative estimate of drug-likeness (QED) is 0.255. The Balaban J connectivity index is 1.40. The summed E-state index contributed by atoms with van der Waals surface area (Å²) in [5.74, 6) is 0. The van der Waals surface area contributed by atoms with Crippen molar-refractivity contribution in [3.63, 3.8) is 0 Å². The number of rotatable bonds is 4. The van der Waals surface area contributed by atoms with E-state index in [1.165, 1.54) is 11.1 Å². The number of hydrogen-bond donors (Lipinski definition) is 0. The van der Waals surface area contributed by atoms with Crippen LogP contribution in [0.3, 0.4) is 0 Å². The third kappa shape index (κ3) is 3.87. The summed E-state index contributed by atoms with van der Waals surface area (Å²) in [5.41, 5.74) is 10.1. The van der Waals surface area contributed by atoms with Gasteiger partial charge in [-0.1, -0.05) is 91.0 Å². The molecule has 3 heteroatoms. The van der Waals surface area contributed by atoms with Crippen LogP contribution in [-0.2, 0) is 0 Å². The van der Waals surface area contributed by atoms with Gasteiger partial charge in [-0.2, -0.15) is 0 Å². The molecule has 174 valence electrons. The number of hydrogen-bond acceptors (Lipinski definition) is 3. The van der Waals surface area contributed by atoms with Crippen LogP contribution in [0.5, 0.6) is 0 Å². The minimum atomic E-state index is 0.834. The average molecular weight is 475 g/mol. The van der Waals surface area contributed by atoms with E-state index >= 15 is 0 Å². The zero-order valence-electron chi connectivity index (χ0n) is 20.0. The number of aromatic nitrogens is 2. The molecular weight excluding hydrogens is 452 g/mol. The lowest BCUT2D eigenvalue weighted by Gasteiger charge is -2.11. The summed E-state index contributed by atoms with van der Waals surface area (Å²) < 4.78 is 6.28. The van der Waals surface area contributed by atoms with Crippen molar-refractivity contribution in [2.75, 3.05) is 0 Å². The Bertz CT molecular complexity index is 1810. The molecule has 0 unspecified atom stereocenters. The third-order valence-corrected chi connectivity index (χ3v) is 6.79. The fourth-order valence-corrected chi connectivity index (χ4v) is 4.98. The Morgan fingerprint density at radius 2 is 1.03 bits per heavy atom. The molecule has 0 fully saturated rings. The van der Waals surface area contributed by atoms with Crippen molar-refractivity contribution in [3.8, 4) is 44.8 Å². The van der Waals surface area contributed by atoms with Crippen molar-refractivity contribution in [1.29, 1.82) is 0 Å². The molecule has 2 heterocycles. The first-order valence-corrected chi connectivity index (χ1v) is 12.3. The van der Waals surface area contributed by atoms with Crippen LogP contribution >= 0.6 is 0 Å². The minimum Gasteiger partial charge on any atom is -0.455 e. The van der Waals surface area contributed by atoms with E-state index in [-0.39, 0.29) is 0 Å². The van der Waals surface area contributed by atoms with Crippen LogP contribution in [0.1, 0.15) is 0 Å². The van der Waals surface area contributed by atoms with Crippen molar-refractivity contribution in [2.24, 2.45) is 0 Å². The summed E-state index contributed by atoms with van der Waals surface area (Å²) >= 11 is 0. The van der Waals surface area contributed by atoms with E-state index in [1.54, 1.807) is 6.33 Å². The molecule has 0 aliphatic rings. The van der Waals surface area contributed by atoms with Gasteiger partial charge in [0.15, 0.2) is 0 Å². The van der Waals surface area contributed by atoms with Crippen LogP contribution in [-0.4, -0.2) is 9.97 Å². The first kappa shape index (κ1) is 21.3. The second kappa shape index (κ2) is 8.89. The molecule has 0 amide bonds. The van der Waals surface area contributed by atoms with E-state index in [2.05, 4.69) is 107 Å². The lowest BCUT2D eigenvalue weighted by molar-refractivity contribution is 0.670. The SMILES string of the molecule is c1ccc(-c2cc(-c3ccccc3)cc(-c3cc(-c4cccc5c4oc4ccccc45)ncn3)c2)cc1. The molecule has 2 aromatic heterocycles. The Labute approximate surface area is 214 Å². The topological polar surface area (TPSA) is 38.9 Å². The highest BCUT2D eigenvalue weighted by atomic mass is 16.3. The molecule has 7 rings (SSSR count). The Morgan fingerprint density at radius 1 is 0.432 bits per heavy atom. The Kier molecular flexibility index (Phi) is 5.11. The monoisotopic (exact) mass is 474 g/mol. The van der Waals surface area contributed by atoms with Gasteiger partial charge < -0.3 is 4.42 Å². The van der Waals surface area contributed by atoms with Gasteiger partial charge in [-0.3, -0.25) is 0 Å². The van der Waals surface area contributed by atoms with Crippen LogP contribution in [0, 0.1) is 0 Å². The maximum absolute atomic E-state index is 6.28. The standard InChI is InChI=1S/C34H22N2O/c1-3-10-23(11-4-1)25-18-26(24-12-5-2-6-13-24)20-27(19-25)31-21-32(36-22-35-31)30-16-9-15-29-28-14-7-8-17-33(28)37-34(29)30/h1-22H. The van der Waals surface area contributed by atoms with Crippen LogP contribution in [0.15, 0.2) is 138 Å². The van der Waals surface area contributed by atoms with Crippen molar-refractivity contribution >= 4 is 21.9 Å². The molecule has 0 bridgehead atoms. The predicted octanol–water partition coefficient (Wildman–Crippen LogP) is 9.04. The maximum Gasteiger partial charge on any atom is 0.144 e. The molecule has 0 N–H and O–H groups in total.